The number of urea groups is 1. The van der Waals surface area contributed by atoms with Gasteiger partial charge in [-0.15, -0.1) is 0 Å². The van der Waals surface area contributed by atoms with Gasteiger partial charge in [-0.05, 0) is 53.6 Å². The molecule has 3 amide bonds. The zero-order valence-electron chi connectivity index (χ0n) is 22.1. The first kappa shape index (κ1) is 30.3. The van der Waals surface area contributed by atoms with Crippen LogP contribution in [0.3, 0.4) is 0 Å². The Labute approximate surface area is 243 Å². The molecule has 0 radical (unpaired) electrons. The molecule has 218 valence electrons. The van der Waals surface area contributed by atoms with Crippen molar-refractivity contribution in [1.82, 2.24) is 10.3 Å². The smallest absolute Gasteiger partial charge is 0.428 e. The minimum atomic E-state index is -4.75. The van der Waals surface area contributed by atoms with E-state index in [4.69, 9.17) is 11.6 Å². The number of amides is 3. The lowest BCUT2D eigenvalue weighted by Crippen LogP contribution is -2.50. The van der Waals surface area contributed by atoms with Gasteiger partial charge in [-0.25, -0.2) is 4.79 Å². The fraction of sp³-hybridized carbons (Fsp3) is 0.167. The average molecular weight is 601 g/mol. The van der Waals surface area contributed by atoms with Gasteiger partial charge in [0, 0.05) is 30.9 Å². The number of rotatable bonds is 10. The molecule has 4 aromatic rings. The van der Waals surface area contributed by atoms with Crippen LogP contribution >= 0.6 is 11.6 Å². The highest BCUT2D eigenvalue weighted by Crippen LogP contribution is 2.36. The highest BCUT2D eigenvalue weighted by molar-refractivity contribution is 6.30. The van der Waals surface area contributed by atoms with Gasteiger partial charge in [0.05, 0.1) is 10.7 Å². The third-order valence-electron chi connectivity index (χ3n) is 6.08. The number of halogens is 5. The van der Waals surface area contributed by atoms with E-state index in [1.54, 1.807) is 66.7 Å². The second-order valence-electron chi connectivity index (χ2n) is 9.26. The van der Waals surface area contributed by atoms with E-state index in [-0.39, 0.29) is 23.6 Å². The number of carbonyl (C=O) groups is 2. The van der Waals surface area contributed by atoms with Crippen LogP contribution < -0.4 is 20.7 Å². The van der Waals surface area contributed by atoms with Crippen molar-refractivity contribution in [2.24, 2.45) is 0 Å². The van der Waals surface area contributed by atoms with E-state index in [2.05, 4.69) is 25.7 Å². The van der Waals surface area contributed by atoms with E-state index < -0.39 is 29.9 Å². The predicted octanol–water partition coefficient (Wildman–Crippen LogP) is 7.24. The number of ether oxygens (including phenoxy) is 1. The molecule has 0 bridgehead atoms. The molecule has 4 rings (SSSR count). The molecule has 12 heteroatoms. The van der Waals surface area contributed by atoms with Crippen LogP contribution in [0.2, 0.25) is 5.02 Å². The molecule has 0 aliphatic rings. The van der Waals surface area contributed by atoms with Crippen molar-refractivity contribution < 1.29 is 31.9 Å². The third kappa shape index (κ3) is 7.55. The Bertz CT molecular complexity index is 1540. The summed E-state index contributed by atoms with van der Waals surface area (Å²) in [4.78, 5) is 29.5. The molecular weight excluding hydrogens is 576 g/mol. The Kier molecular flexibility index (Phi) is 9.31. The number of pyridine rings is 1. The minimum Gasteiger partial charge on any atom is -0.428 e. The normalized spacial score (nSPS) is 12.7. The van der Waals surface area contributed by atoms with Crippen molar-refractivity contribution in [3.05, 3.63) is 119 Å². The second-order valence-corrected chi connectivity index (χ2v) is 9.70. The van der Waals surface area contributed by atoms with Gasteiger partial charge < -0.3 is 20.7 Å². The van der Waals surface area contributed by atoms with Crippen molar-refractivity contribution in [3.8, 4) is 5.75 Å². The monoisotopic (exact) mass is 600 g/mol. The maximum Gasteiger partial charge on any atom is 0.461 e. The molecule has 3 N–H and O–H groups in total. The van der Waals surface area contributed by atoms with E-state index in [1.165, 1.54) is 25.3 Å². The molecule has 0 fully saturated rings. The Morgan fingerprint density at radius 3 is 2.24 bits per heavy atom. The quantitative estimate of drug-likeness (QED) is 0.167. The number of alkyl halides is 4. The van der Waals surface area contributed by atoms with Crippen LogP contribution in [0.4, 0.5) is 33.7 Å². The minimum absolute atomic E-state index is 0.0660. The maximum absolute atomic E-state index is 13.8. The number of hydrogen-bond donors (Lipinski definition) is 3. The molecule has 1 unspecified atom stereocenters. The van der Waals surface area contributed by atoms with Crippen LogP contribution in [0.1, 0.15) is 23.7 Å². The Balaban J connectivity index is 1.81. The summed E-state index contributed by atoms with van der Waals surface area (Å²) in [6.45, 7) is 1.35. The first-order chi connectivity index (χ1) is 20.0. The number of nitrogens with one attached hydrogen (secondary N) is 3. The fourth-order valence-electron chi connectivity index (χ4n) is 4.31. The standard InChI is InChI=1S/C30H25ClF4N4O3/c1-19(40)37-23-10-6-11-24(16-23)38-28(41)39-29(17-20-7-3-2-4-8-20,26-14-13-22(31)18-36-26)21-9-5-12-25(15-21)42-30(34,35)27(32)33/h2-16,18,27H,17H2,1H3,(H,37,40)(H2,38,39,41). The van der Waals surface area contributed by atoms with E-state index in [0.717, 1.165) is 17.7 Å². The van der Waals surface area contributed by atoms with Crippen LogP contribution in [0.15, 0.2) is 97.2 Å². The second kappa shape index (κ2) is 12.9. The summed E-state index contributed by atoms with van der Waals surface area (Å²) in [5, 5.41) is 8.56. The Morgan fingerprint density at radius 2 is 1.60 bits per heavy atom. The van der Waals surface area contributed by atoms with Crippen LogP contribution in [0, 0.1) is 0 Å². The van der Waals surface area contributed by atoms with Gasteiger partial charge in [0.25, 0.3) is 0 Å². The van der Waals surface area contributed by atoms with Crippen molar-refractivity contribution in [2.45, 2.75) is 31.4 Å². The van der Waals surface area contributed by atoms with Gasteiger partial charge >= 0.3 is 18.6 Å². The van der Waals surface area contributed by atoms with Gasteiger partial charge in [0.1, 0.15) is 11.3 Å². The molecule has 0 aliphatic carbocycles. The third-order valence-corrected chi connectivity index (χ3v) is 6.30. The summed E-state index contributed by atoms with van der Waals surface area (Å²) in [7, 11) is 0. The lowest BCUT2D eigenvalue weighted by molar-refractivity contribution is -0.253. The Hall–Kier alpha value is -4.64. The van der Waals surface area contributed by atoms with E-state index in [1.807, 2.05) is 0 Å². The van der Waals surface area contributed by atoms with E-state index in [0.29, 0.717) is 16.4 Å². The summed E-state index contributed by atoms with van der Waals surface area (Å²) in [6, 6.07) is 22.9. The molecule has 0 aliphatic heterocycles. The van der Waals surface area contributed by atoms with E-state index >= 15 is 0 Å². The first-order valence-corrected chi connectivity index (χ1v) is 12.9. The average Bonchev–Trinajstić information content (AvgIpc) is 2.93. The van der Waals surface area contributed by atoms with Crippen LogP contribution in [0.25, 0.3) is 0 Å². The summed E-state index contributed by atoms with van der Waals surface area (Å²) in [5.41, 5.74) is 0.461. The first-order valence-electron chi connectivity index (χ1n) is 12.6. The number of anilines is 2. The molecule has 0 spiro atoms. The number of benzene rings is 3. The topological polar surface area (TPSA) is 92.4 Å². The lowest BCUT2D eigenvalue weighted by atomic mass is 9.80. The molecule has 42 heavy (non-hydrogen) atoms. The fourth-order valence-corrected chi connectivity index (χ4v) is 4.42. The van der Waals surface area contributed by atoms with Crippen molar-refractivity contribution in [2.75, 3.05) is 10.6 Å². The van der Waals surface area contributed by atoms with Crippen LogP contribution in [-0.4, -0.2) is 29.5 Å². The van der Waals surface area contributed by atoms with Gasteiger partial charge in [-0.2, -0.15) is 17.6 Å². The molecule has 1 heterocycles. The molecule has 7 nitrogen and oxygen atoms in total. The van der Waals surface area contributed by atoms with Gasteiger partial charge in [-0.1, -0.05) is 60.1 Å². The lowest BCUT2D eigenvalue weighted by Gasteiger charge is -2.35. The van der Waals surface area contributed by atoms with Crippen molar-refractivity contribution in [1.29, 1.82) is 0 Å². The summed E-state index contributed by atoms with van der Waals surface area (Å²) < 4.78 is 57.9. The SMILES string of the molecule is CC(=O)Nc1cccc(NC(=O)NC(Cc2ccccc2)(c2cccc(OC(F)(F)C(F)F)c2)c2ccc(Cl)cn2)c1. The van der Waals surface area contributed by atoms with Crippen LogP contribution in [0.5, 0.6) is 5.75 Å². The Morgan fingerprint density at radius 1 is 0.905 bits per heavy atom. The molecule has 1 atom stereocenters. The van der Waals surface area contributed by atoms with Gasteiger partial charge in [0.2, 0.25) is 5.91 Å². The molecule has 0 saturated carbocycles. The molecule has 3 aromatic carbocycles. The zero-order chi connectivity index (χ0) is 30.3. The zero-order valence-corrected chi connectivity index (χ0v) is 22.8. The number of nitrogens with zero attached hydrogens (tertiary/aromatic N) is 1. The number of hydrogen-bond acceptors (Lipinski definition) is 4. The molecular formula is C30H25ClF4N4O3. The van der Waals surface area contributed by atoms with Crippen LogP contribution in [-0.2, 0) is 16.8 Å². The highest BCUT2D eigenvalue weighted by Gasteiger charge is 2.44. The van der Waals surface area contributed by atoms with Crippen molar-refractivity contribution in [3.63, 3.8) is 0 Å². The van der Waals surface area contributed by atoms with E-state index in [9.17, 15) is 27.2 Å². The summed E-state index contributed by atoms with van der Waals surface area (Å²) >= 11 is 6.09. The molecule has 0 saturated heterocycles. The largest absolute Gasteiger partial charge is 0.461 e. The van der Waals surface area contributed by atoms with Gasteiger partial charge in [-0.3, -0.25) is 9.78 Å². The maximum atomic E-state index is 13.8. The van der Waals surface area contributed by atoms with Crippen molar-refractivity contribution >= 4 is 34.9 Å². The summed E-state index contributed by atoms with van der Waals surface area (Å²) in [5.74, 6) is -0.846. The highest BCUT2D eigenvalue weighted by atomic mass is 35.5. The number of carbonyl (C=O) groups excluding carboxylic acids is 2. The molecule has 1 aromatic heterocycles. The predicted molar refractivity (Wildman–Crippen MR) is 151 cm³/mol. The summed E-state index contributed by atoms with van der Waals surface area (Å²) in [6.07, 6.45) is -7.39. The van der Waals surface area contributed by atoms with Gasteiger partial charge in [0.15, 0.2) is 0 Å². The number of aromatic nitrogens is 1.